The quantitative estimate of drug-likeness (QED) is 0.725. The Morgan fingerprint density at radius 2 is 2.33 bits per heavy atom. The van der Waals surface area contributed by atoms with Gasteiger partial charge in [-0.15, -0.1) is 0 Å². The van der Waals surface area contributed by atoms with Gasteiger partial charge >= 0.3 is 0 Å². The van der Waals surface area contributed by atoms with Crippen molar-refractivity contribution in [3.8, 4) is 0 Å². The molecule has 0 bridgehead atoms. The van der Waals surface area contributed by atoms with E-state index >= 15 is 0 Å². The van der Waals surface area contributed by atoms with E-state index in [2.05, 4.69) is 22.9 Å². The average molecular weight is 209 g/mol. The van der Waals surface area contributed by atoms with E-state index in [0.717, 1.165) is 13.1 Å². The minimum atomic E-state index is 0.112. The Balaban J connectivity index is 2.34. The summed E-state index contributed by atoms with van der Waals surface area (Å²) in [4.78, 5) is 11.2. The molecule has 1 amide bonds. The Morgan fingerprint density at radius 1 is 1.53 bits per heavy atom. The summed E-state index contributed by atoms with van der Waals surface area (Å²) in [5, 5.41) is 5.87. The van der Waals surface area contributed by atoms with Crippen LogP contribution in [0.5, 0.6) is 0 Å². The molecular formula is C11H19N3O. The van der Waals surface area contributed by atoms with Gasteiger partial charge in [-0.2, -0.15) is 0 Å². The molecule has 0 spiro atoms. The number of amides is 1. The molecular weight excluding hydrogens is 190 g/mol. The first-order chi connectivity index (χ1) is 7.26. The van der Waals surface area contributed by atoms with Gasteiger partial charge in [0, 0.05) is 38.4 Å². The number of carbonyl (C=O) groups excluding carboxylic acids is 1. The van der Waals surface area contributed by atoms with Crippen LogP contribution in [0.3, 0.4) is 0 Å². The Hall–Kier alpha value is -1.29. The van der Waals surface area contributed by atoms with Crippen molar-refractivity contribution in [2.45, 2.75) is 26.4 Å². The molecule has 0 aliphatic rings. The molecule has 1 heterocycles. The van der Waals surface area contributed by atoms with Gasteiger partial charge in [-0.3, -0.25) is 4.79 Å². The summed E-state index contributed by atoms with van der Waals surface area (Å²) in [5.74, 6) is 0.112. The van der Waals surface area contributed by atoms with Crippen LogP contribution >= 0.6 is 0 Å². The zero-order chi connectivity index (χ0) is 11.1. The maximum absolute atomic E-state index is 11.2. The van der Waals surface area contributed by atoms with Crippen LogP contribution in [-0.2, 0) is 17.9 Å². The fourth-order valence-electron chi connectivity index (χ4n) is 1.45. The molecule has 4 nitrogen and oxygen atoms in total. The minimum absolute atomic E-state index is 0.112. The van der Waals surface area contributed by atoms with Gasteiger partial charge in [0.2, 0.25) is 5.91 Å². The van der Waals surface area contributed by atoms with Crippen molar-refractivity contribution in [1.29, 1.82) is 0 Å². The lowest BCUT2D eigenvalue weighted by atomic mass is 10.3. The summed E-state index contributed by atoms with van der Waals surface area (Å²) in [6.07, 6.45) is 4.61. The maximum Gasteiger partial charge on any atom is 0.221 e. The molecule has 0 saturated heterocycles. The van der Waals surface area contributed by atoms with Crippen LogP contribution in [0.1, 0.15) is 18.9 Å². The van der Waals surface area contributed by atoms with Crippen molar-refractivity contribution in [3.05, 3.63) is 24.0 Å². The molecule has 0 radical (unpaired) electrons. The summed E-state index contributed by atoms with van der Waals surface area (Å²) in [6, 6.07) is 2.06. The van der Waals surface area contributed by atoms with E-state index in [1.807, 2.05) is 24.7 Å². The zero-order valence-corrected chi connectivity index (χ0v) is 9.42. The van der Waals surface area contributed by atoms with Gasteiger partial charge in [0.25, 0.3) is 0 Å². The molecule has 0 aliphatic heterocycles. The second-order valence-corrected chi connectivity index (χ2v) is 3.49. The number of nitrogens with zero attached hydrogens (tertiary/aromatic N) is 1. The van der Waals surface area contributed by atoms with Gasteiger partial charge in [0.05, 0.1) is 0 Å². The first-order valence-electron chi connectivity index (χ1n) is 5.32. The number of aromatic nitrogens is 1. The first kappa shape index (κ1) is 11.8. The fourth-order valence-corrected chi connectivity index (χ4v) is 1.45. The highest BCUT2D eigenvalue weighted by molar-refractivity contribution is 5.75. The smallest absolute Gasteiger partial charge is 0.221 e. The van der Waals surface area contributed by atoms with E-state index in [4.69, 9.17) is 0 Å². The molecule has 1 rings (SSSR count). The molecule has 2 N–H and O–H groups in total. The first-order valence-corrected chi connectivity index (χ1v) is 5.32. The normalized spacial score (nSPS) is 10.3. The zero-order valence-electron chi connectivity index (χ0n) is 9.42. The fraction of sp³-hybridized carbons (Fsp3) is 0.545. The van der Waals surface area contributed by atoms with Crippen LogP contribution in [0.2, 0.25) is 0 Å². The minimum Gasteiger partial charge on any atom is -0.356 e. The molecule has 1 aromatic rings. The highest BCUT2D eigenvalue weighted by atomic mass is 16.1. The Bertz CT molecular complexity index is 307. The molecule has 0 unspecified atom stereocenters. The molecule has 0 aromatic carbocycles. The van der Waals surface area contributed by atoms with Crippen molar-refractivity contribution < 1.29 is 4.79 Å². The van der Waals surface area contributed by atoms with Crippen LogP contribution in [0.15, 0.2) is 18.5 Å². The monoisotopic (exact) mass is 209 g/mol. The lowest BCUT2D eigenvalue weighted by Crippen LogP contribution is -2.23. The molecule has 0 saturated carbocycles. The molecule has 1 aromatic heterocycles. The molecule has 0 atom stereocenters. The van der Waals surface area contributed by atoms with Crippen molar-refractivity contribution in [3.63, 3.8) is 0 Å². The van der Waals surface area contributed by atoms with Crippen LogP contribution in [-0.4, -0.2) is 24.1 Å². The van der Waals surface area contributed by atoms with Gasteiger partial charge in [0.1, 0.15) is 0 Å². The van der Waals surface area contributed by atoms with Crippen LogP contribution in [0.4, 0.5) is 0 Å². The number of hydrogen-bond donors (Lipinski definition) is 2. The Labute approximate surface area is 90.7 Å². The third kappa shape index (κ3) is 4.16. The second kappa shape index (κ2) is 6.24. The van der Waals surface area contributed by atoms with E-state index < -0.39 is 0 Å². The highest BCUT2D eigenvalue weighted by Gasteiger charge is 2.00. The SMILES string of the molecule is CCNC(=O)CCn1ccc(CNC)c1. The Morgan fingerprint density at radius 3 is 3.00 bits per heavy atom. The summed E-state index contributed by atoms with van der Waals surface area (Å²) < 4.78 is 2.04. The molecule has 4 heteroatoms. The average Bonchev–Trinajstić information content (AvgIpc) is 2.64. The van der Waals surface area contributed by atoms with Gasteiger partial charge in [-0.05, 0) is 25.6 Å². The van der Waals surface area contributed by atoms with Gasteiger partial charge < -0.3 is 15.2 Å². The largest absolute Gasteiger partial charge is 0.356 e. The van der Waals surface area contributed by atoms with E-state index in [0.29, 0.717) is 13.0 Å². The lowest BCUT2D eigenvalue weighted by molar-refractivity contribution is -0.121. The van der Waals surface area contributed by atoms with Gasteiger partial charge in [-0.1, -0.05) is 0 Å². The molecule has 0 aliphatic carbocycles. The van der Waals surface area contributed by atoms with E-state index in [9.17, 15) is 4.79 Å². The molecule has 0 fully saturated rings. The highest BCUT2D eigenvalue weighted by Crippen LogP contribution is 2.01. The van der Waals surface area contributed by atoms with Crippen LogP contribution in [0, 0.1) is 0 Å². The predicted molar refractivity (Wildman–Crippen MR) is 60.5 cm³/mol. The Kier molecular flexibility index (Phi) is 4.90. The number of carbonyl (C=O) groups is 1. The number of rotatable bonds is 6. The summed E-state index contributed by atoms with van der Waals surface area (Å²) in [6.45, 7) is 4.25. The molecule has 84 valence electrons. The number of aryl methyl sites for hydroxylation is 1. The predicted octanol–water partition coefficient (Wildman–Crippen LogP) is 0.734. The van der Waals surface area contributed by atoms with Crippen molar-refractivity contribution >= 4 is 5.91 Å². The second-order valence-electron chi connectivity index (χ2n) is 3.49. The van der Waals surface area contributed by atoms with Crippen LogP contribution in [0.25, 0.3) is 0 Å². The molecule has 15 heavy (non-hydrogen) atoms. The number of nitrogens with one attached hydrogen (secondary N) is 2. The third-order valence-electron chi connectivity index (χ3n) is 2.16. The standard InChI is InChI=1S/C11H19N3O/c1-3-13-11(15)5-7-14-6-4-10(9-14)8-12-2/h4,6,9,12H,3,5,7-8H2,1-2H3,(H,13,15). The van der Waals surface area contributed by atoms with Crippen molar-refractivity contribution in [2.75, 3.05) is 13.6 Å². The summed E-state index contributed by atoms with van der Waals surface area (Å²) in [7, 11) is 1.92. The number of hydrogen-bond acceptors (Lipinski definition) is 2. The summed E-state index contributed by atoms with van der Waals surface area (Å²) >= 11 is 0. The van der Waals surface area contributed by atoms with E-state index in [1.165, 1.54) is 5.56 Å². The van der Waals surface area contributed by atoms with Crippen LogP contribution < -0.4 is 10.6 Å². The maximum atomic E-state index is 11.2. The van der Waals surface area contributed by atoms with Gasteiger partial charge in [-0.25, -0.2) is 0 Å². The van der Waals surface area contributed by atoms with E-state index in [-0.39, 0.29) is 5.91 Å². The van der Waals surface area contributed by atoms with Crippen molar-refractivity contribution in [1.82, 2.24) is 15.2 Å². The van der Waals surface area contributed by atoms with Crippen molar-refractivity contribution in [2.24, 2.45) is 0 Å². The summed E-state index contributed by atoms with van der Waals surface area (Å²) in [5.41, 5.74) is 1.24. The lowest BCUT2D eigenvalue weighted by Gasteiger charge is -2.03. The van der Waals surface area contributed by atoms with Gasteiger partial charge in [0.15, 0.2) is 0 Å². The third-order valence-corrected chi connectivity index (χ3v) is 2.16. The topological polar surface area (TPSA) is 46.1 Å². The van der Waals surface area contributed by atoms with E-state index in [1.54, 1.807) is 0 Å².